The van der Waals surface area contributed by atoms with Crippen LogP contribution in [0.1, 0.15) is 52.4 Å². The first-order chi connectivity index (χ1) is 8.44. The molecule has 18 heavy (non-hydrogen) atoms. The molecular weight excluding hydrogens is 270 g/mol. The van der Waals surface area contributed by atoms with Gasteiger partial charge in [0.25, 0.3) is 0 Å². The van der Waals surface area contributed by atoms with Crippen LogP contribution < -0.4 is 4.72 Å². The first kappa shape index (κ1) is 16.3. The maximum atomic E-state index is 12.0. The normalized spacial score (nSPS) is 22.4. The summed E-state index contributed by atoms with van der Waals surface area (Å²) in [7, 11) is -3.19. The predicted octanol–water partition coefficient (Wildman–Crippen LogP) is 3.14. The summed E-state index contributed by atoms with van der Waals surface area (Å²) in [6, 6.07) is 0.0515. The Morgan fingerprint density at radius 3 is 2.22 bits per heavy atom. The Labute approximate surface area is 117 Å². The minimum absolute atomic E-state index is 0.00509. The highest BCUT2D eigenvalue weighted by Crippen LogP contribution is 2.25. The average Bonchev–Trinajstić information content (AvgIpc) is 2.55. The quantitative estimate of drug-likeness (QED) is 0.604. The molecule has 0 heterocycles. The molecule has 1 aliphatic carbocycles. The van der Waals surface area contributed by atoms with Gasteiger partial charge in [-0.05, 0) is 31.6 Å². The van der Waals surface area contributed by atoms with E-state index in [0.29, 0.717) is 11.8 Å². The summed E-state index contributed by atoms with van der Waals surface area (Å²) in [5.74, 6) is 1.02. The van der Waals surface area contributed by atoms with E-state index in [2.05, 4.69) is 4.72 Å². The van der Waals surface area contributed by atoms with E-state index < -0.39 is 10.0 Å². The third-order valence-corrected chi connectivity index (χ3v) is 6.01. The Balaban J connectivity index is 2.48. The van der Waals surface area contributed by atoms with Gasteiger partial charge in [-0.25, -0.2) is 13.1 Å². The zero-order chi connectivity index (χ0) is 13.6. The summed E-state index contributed by atoms with van der Waals surface area (Å²) in [5, 5.41) is 0. The smallest absolute Gasteiger partial charge is 0.212 e. The number of nitrogens with one attached hydrogen (secondary N) is 1. The molecule has 1 fully saturated rings. The van der Waals surface area contributed by atoms with Gasteiger partial charge in [0.1, 0.15) is 0 Å². The van der Waals surface area contributed by atoms with Crippen LogP contribution in [0.4, 0.5) is 0 Å². The van der Waals surface area contributed by atoms with Gasteiger partial charge in [0.05, 0.1) is 5.75 Å². The van der Waals surface area contributed by atoms with Gasteiger partial charge in [0, 0.05) is 11.9 Å². The van der Waals surface area contributed by atoms with Crippen molar-refractivity contribution < 1.29 is 8.42 Å². The lowest BCUT2D eigenvalue weighted by Gasteiger charge is -2.24. The monoisotopic (exact) mass is 295 g/mol. The lowest BCUT2D eigenvalue weighted by atomic mass is 9.94. The van der Waals surface area contributed by atoms with E-state index in [1.807, 2.05) is 13.8 Å². The molecule has 0 bridgehead atoms. The van der Waals surface area contributed by atoms with E-state index in [1.54, 1.807) is 0 Å². The number of sulfonamides is 1. The second kappa shape index (κ2) is 7.71. The SMILES string of the molecule is CC(CCl)CS(=O)(=O)N[C@@H](C)C1CCCCCC1. The average molecular weight is 296 g/mol. The van der Waals surface area contributed by atoms with Crippen molar-refractivity contribution in [3.63, 3.8) is 0 Å². The molecular formula is C13H26ClNO2S. The molecule has 1 unspecified atom stereocenters. The Morgan fingerprint density at radius 1 is 1.17 bits per heavy atom. The van der Waals surface area contributed by atoms with Crippen LogP contribution in [0.25, 0.3) is 0 Å². The molecule has 0 saturated heterocycles. The lowest BCUT2D eigenvalue weighted by molar-refractivity contribution is 0.370. The maximum absolute atomic E-state index is 12.0. The molecule has 108 valence electrons. The van der Waals surface area contributed by atoms with Gasteiger partial charge in [0.2, 0.25) is 10.0 Å². The van der Waals surface area contributed by atoms with Gasteiger partial charge in [-0.1, -0.05) is 32.6 Å². The van der Waals surface area contributed by atoms with Crippen molar-refractivity contribution in [3.05, 3.63) is 0 Å². The van der Waals surface area contributed by atoms with E-state index in [-0.39, 0.29) is 17.7 Å². The zero-order valence-electron chi connectivity index (χ0n) is 11.5. The largest absolute Gasteiger partial charge is 0.212 e. The second-order valence-corrected chi connectivity index (χ2v) is 7.81. The molecule has 1 N–H and O–H groups in total. The molecule has 0 amide bonds. The van der Waals surface area contributed by atoms with Gasteiger partial charge in [0.15, 0.2) is 0 Å². The first-order valence-corrected chi connectivity index (χ1v) is 9.19. The molecule has 0 radical (unpaired) electrons. The summed E-state index contributed by atoms with van der Waals surface area (Å²) in [6.45, 7) is 3.86. The number of alkyl halides is 1. The number of hydrogen-bond acceptors (Lipinski definition) is 2. The standard InChI is InChI=1S/C13H26ClNO2S/c1-11(9-14)10-18(16,17)15-12(2)13-7-5-3-4-6-8-13/h11-13,15H,3-10H2,1-2H3/t11?,12-/m0/s1. The zero-order valence-corrected chi connectivity index (χ0v) is 13.1. The van der Waals surface area contributed by atoms with Crippen molar-refractivity contribution >= 4 is 21.6 Å². The van der Waals surface area contributed by atoms with Gasteiger partial charge in [-0.3, -0.25) is 0 Å². The Kier molecular flexibility index (Phi) is 6.96. The summed E-state index contributed by atoms with van der Waals surface area (Å²) in [6.07, 6.45) is 7.34. The van der Waals surface area contributed by atoms with Gasteiger partial charge >= 0.3 is 0 Å². The molecule has 1 saturated carbocycles. The van der Waals surface area contributed by atoms with E-state index in [9.17, 15) is 8.42 Å². The molecule has 5 heteroatoms. The van der Waals surface area contributed by atoms with E-state index in [1.165, 1.54) is 25.7 Å². The third kappa shape index (κ3) is 5.89. The van der Waals surface area contributed by atoms with Crippen LogP contribution in [0.15, 0.2) is 0 Å². The van der Waals surface area contributed by atoms with Crippen LogP contribution in [0.5, 0.6) is 0 Å². The highest BCUT2D eigenvalue weighted by molar-refractivity contribution is 7.89. The minimum Gasteiger partial charge on any atom is -0.212 e. The summed E-state index contributed by atoms with van der Waals surface area (Å²) < 4.78 is 26.8. The molecule has 0 aliphatic heterocycles. The predicted molar refractivity (Wildman–Crippen MR) is 77.5 cm³/mol. The fourth-order valence-electron chi connectivity index (χ4n) is 2.66. The van der Waals surface area contributed by atoms with Crippen molar-refractivity contribution in [1.29, 1.82) is 0 Å². The summed E-state index contributed by atoms with van der Waals surface area (Å²) >= 11 is 5.67. The van der Waals surface area contributed by atoms with Crippen molar-refractivity contribution in [1.82, 2.24) is 4.72 Å². The molecule has 0 aromatic carbocycles. The van der Waals surface area contributed by atoms with Gasteiger partial charge < -0.3 is 0 Å². The van der Waals surface area contributed by atoms with E-state index >= 15 is 0 Å². The topological polar surface area (TPSA) is 46.2 Å². The van der Waals surface area contributed by atoms with Crippen molar-refractivity contribution in [3.8, 4) is 0 Å². The van der Waals surface area contributed by atoms with Gasteiger partial charge in [-0.15, -0.1) is 11.6 Å². The molecule has 0 aromatic rings. The lowest BCUT2D eigenvalue weighted by Crippen LogP contribution is -2.40. The second-order valence-electron chi connectivity index (χ2n) is 5.70. The van der Waals surface area contributed by atoms with Crippen LogP contribution in [0.2, 0.25) is 0 Å². The summed E-state index contributed by atoms with van der Waals surface area (Å²) in [4.78, 5) is 0. The number of hydrogen-bond donors (Lipinski definition) is 1. The van der Waals surface area contributed by atoms with Crippen LogP contribution in [0.3, 0.4) is 0 Å². The van der Waals surface area contributed by atoms with Crippen LogP contribution >= 0.6 is 11.6 Å². The van der Waals surface area contributed by atoms with Crippen molar-refractivity contribution in [2.24, 2.45) is 11.8 Å². The van der Waals surface area contributed by atoms with E-state index in [0.717, 1.165) is 12.8 Å². The third-order valence-electron chi connectivity index (χ3n) is 3.74. The van der Waals surface area contributed by atoms with E-state index in [4.69, 9.17) is 11.6 Å². The molecule has 0 aromatic heterocycles. The highest BCUT2D eigenvalue weighted by Gasteiger charge is 2.24. The molecule has 1 aliphatic rings. The maximum Gasteiger partial charge on any atom is 0.212 e. The summed E-state index contributed by atoms with van der Waals surface area (Å²) in [5.41, 5.74) is 0. The van der Waals surface area contributed by atoms with Crippen molar-refractivity contribution in [2.75, 3.05) is 11.6 Å². The fourth-order valence-corrected chi connectivity index (χ4v) is 4.62. The first-order valence-electron chi connectivity index (χ1n) is 7.00. The Morgan fingerprint density at radius 2 is 1.72 bits per heavy atom. The Hall–Kier alpha value is 0.200. The van der Waals surface area contributed by atoms with Crippen LogP contribution in [-0.4, -0.2) is 26.1 Å². The molecule has 2 atom stereocenters. The van der Waals surface area contributed by atoms with Crippen LogP contribution in [0, 0.1) is 11.8 Å². The van der Waals surface area contributed by atoms with Crippen LogP contribution in [-0.2, 0) is 10.0 Å². The number of rotatable bonds is 6. The number of halogens is 1. The highest BCUT2D eigenvalue weighted by atomic mass is 35.5. The molecule has 1 rings (SSSR count). The Bertz CT molecular complexity index is 324. The van der Waals surface area contributed by atoms with Gasteiger partial charge in [-0.2, -0.15) is 0 Å². The van der Waals surface area contributed by atoms with Crippen molar-refractivity contribution in [2.45, 2.75) is 58.4 Å². The molecule has 0 spiro atoms. The fraction of sp³-hybridized carbons (Fsp3) is 1.00. The molecule has 3 nitrogen and oxygen atoms in total. The minimum atomic E-state index is -3.19.